The summed E-state index contributed by atoms with van der Waals surface area (Å²) in [7, 11) is 5.15. The number of nitrogens with zero attached hydrogens (tertiary/aromatic N) is 1. The van der Waals surface area contributed by atoms with Crippen molar-refractivity contribution in [3.05, 3.63) is 52.6 Å². The molecule has 2 aliphatic heterocycles. The molecule has 0 bridgehead atoms. The zero-order valence-electron chi connectivity index (χ0n) is 14.5. The minimum atomic E-state index is 0.412. The van der Waals surface area contributed by atoms with Crippen LogP contribution in [0, 0.1) is 0 Å². The summed E-state index contributed by atoms with van der Waals surface area (Å²) in [5.74, 6) is 2.63. The lowest BCUT2D eigenvalue weighted by atomic mass is 9.83. The number of methoxy groups -OCH3 is 3. The average molecular weight is 325 g/mol. The number of fused-ring (bicyclic) bond motifs is 4. The first-order chi connectivity index (χ1) is 11.7. The van der Waals surface area contributed by atoms with Crippen molar-refractivity contribution in [3.8, 4) is 17.2 Å². The molecule has 24 heavy (non-hydrogen) atoms. The molecule has 2 aromatic rings. The van der Waals surface area contributed by atoms with E-state index in [0.717, 1.165) is 43.2 Å². The zero-order valence-corrected chi connectivity index (χ0v) is 14.5. The van der Waals surface area contributed by atoms with Crippen molar-refractivity contribution in [2.75, 3.05) is 27.9 Å². The lowest BCUT2D eigenvalue weighted by Crippen LogP contribution is -2.39. The molecule has 4 heteroatoms. The monoisotopic (exact) mass is 325 g/mol. The van der Waals surface area contributed by atoms with E-state index in [1.807, 2.05) is 6.07 Å². The number of ether oxygens (including phenoxy) is 3. The van der Waals surface area contributed by atoms with Crippen molar-refractivity contribution in [3.63, 3.8) is 0 Å². The summed E-state index contributed by atoms with van der Waals surface area (Å²) in [6.45, 7) is 1.97. The number of rotatable bonds is 3. The van der Waals surface area contributed by atoms with Gasteiger partial charge in [0, 0.05) is 24.7 Å². The standard InChI is InChI=1S/C20H23NO3/c1-22-15-6-4-13-8-9-21-12-17-14(10-18(21)16(13)11-15)5-7-19(23-2)20(17)24-3/h4-7,11,18H,8-10,12H2,1-3H3. The molecule has 0 radical (unpaired) electrons. The fourth-order valence-corrected chi connectivity index (χ4v) is 4.09. The van der Waals surface area contributed by atoms with E-state index in [-0.39, 0.29) is 0 Å². The van der Waals surface area contributed by atoms with Gasteiger partial charge in [0.2, 0.25) is 0 Å². The van der Waals surface area contributed by atoms with Gasteiger partial charge in [-0.1, -0.05) is 12.1 Å². The van der Waals surface area contributed by atoms with Gasteiger partial charge in [-0.3, -0.25) is 4.90 Å². The molecule has 0 aliphatic carbocycles. The molecule has 0 N–H and O–H groups in total. The van der Waals surface area contributed by atoms with Gasteiger partial charge < -0.3 is 14.2 Å². The van der Waals surface area contributed by atoms with Gasteiger partial charge in [-0.2, -0.15) is 0 Å². The molecule has 0 saturated heterocycles. The van der Waals surface area contributed by atoms with E-state index >= 15 is 0 Å². The van der Waals surface area contributed by atoms with Gasteiger partial charge in [-0.25, -0.2) is 0 Å². The lowest BCUT2D eigenvalue weighted by molar-refractivity contribution is 0.157. The third-order valence-electron chi connectivity index (χ3n) is 5.34. The molecule has 126 valence electrons. The highest BCUT2D eigenvalue weighted by Gasteiger charge is 2.34. The van der Waals surface area contributed by atoms with Crippen molar-refractivity contribution >= 4 is 0 Å². The quantitative estimate of drug-likeness (QED) is 0.866. The van der Waals surface area contributed by atoms with Crippen LogP contribution < -0.4 is 14.2 Å². The number of hydrogen-bond donors (Lipinski definition) is 0. The van der Waals surface area contributed by atoms with E-state index in [1.54, 1.807) is 21.3 Å². The highest BCUT2D eigenvalue weighted by Crippen LogP contribution is 2.44. The number of benzene rings is 2. The fraction of sp³-hybridized carbons (Fsp3) is 0.400. The van der Waals surface area contributed by atoms with Crippen LogP contribution in [-0.4, -0.2) is 32.8 Å². The number of hydrogen-bond acceptors (Lipinski definition) is 4. The van der Waals surface area contributed by atoms with Crippen molar-refractivity contribution in [2.45, 2.75) is 25.4 Å². The summed E-state index contributed by atoms with van der Waals surface area (Å²) in [4.78, 5) is 2.55. The Labute approximate surface area is 142 Å². The van der Waals surface area contributed by atoms with Gasteiger partial charge >= 0.3 is 0 Å². The molecule has 4 rings (SSSR count). The van der Waals surface area contributed by atoms with Gasteiger partial charge in [-0.05, 0) is 47.7 Å². The Morgan fingerprint density at radius 3 is 2.54 bits per heavy atom. The molecule has 1 atom stereocenters. The maximum Gasteiger partial charge on any atom is 0.165 e. The normalized spacial score (nSPS) is 19.0. The van der Waals surface area contributed by atoms with Gasteiger partial charge in [-0.15, -0.1) is 0 Å². The molecule has 0 fully saturated rings. The summed E-state index contributed by atoms with van der Waals surface area (Å²) in [5, 5.41) is 0. The molecule has 0 amide bonds. The van der Waals surface area contributed by atoms with E-state index < -0.39 is 0 Å². The second-order valence-corrected chi connectivity index (χ2v) is 6.44. The molecule has 2 aromatic carbocycles. The van der Waals surface area contributed by atoms with E-state index in [9.17, 15) is 0 Å². The van der Waals surface area contributed by atoms with Gasteiger partial charge in [0.15, 0.2) is 11.5 Å². The fourth-order valence-electron chi connectivity index (χ4n) is 4.09. The van der Waals surface area contributed by atoms with Crippen LogP contribution in [0.4, 0.5) is 0 Å². The Balaban J connectivity index is 1.76. The van der Waals surface area contributed by atoms with Crippen LogP contribution >= 0.6 is 0 Å². The summed E-state index contributed by atoms with van der Waals surface area (Å²) >= 11 is 0. The molecular formula is C20H23NO3. The first-order valence-corrected chi connectivity index (χ1v) is 8.38. The Kier molecular flexibility index (Phi) is 3.85. The van der Waals surface area contributed by atoms with Gasteiger partial charge in [0.1, 0.15) is 5.75 Å². The van der Waals surface area contributed by atoms with Crippen LogP contribution in [0.2, 0.25) is 0 Å². The highest BCUT2D eigenvalue weighted by atomic mass is 16.5. The minimum Gasteiger partial charge on any atom is -0.497 e. The third-order valence-corrected chi connectivity index (χ3v) is 5.34. The van der Waals surface area contributed by atoms with Gasteiger partial charge in [0.25, 0.3) is 0 Å². The Hall–Kier alpha value is -2.20. The van der Waals surface area contributed by atoms with Crippen molar-refractivity contribution in [2.24, 2.45) is 0 Å². The average Bonchev–Trinajstić information content (AvgIpc) is 2.64. The molecule has 4 nitrogen and oxygen atoms in total. The summed E-state index contributed by atoms with van der Waals surface area (Å²) < 4.78 is 16.6. The van der Waals surface area contributed by atoms with E-state index in [2.05, 4.69) is 29.2 Å². The Morgan fingerprint density at radius 2 is 1.79 bits per heavy atom. The van der Waals surface area contributed by atoms with Crippen LogP contribution in [0.25, 0.3) is 0 Å². The summed E-state index contributed by atoms with van der Waals surface area (Å²) in [6.07, 6.45) is 2.08. The molecule has 2 heterocycles. The summed E-state index contributed by atoms with van der Waals surface area (Å²) in [5.41, 5.74) is 5.46. The van der Waals surface area contributed by atoms with Crippen LogP contribution in [-0.2, 0) is 19.4 Å². The van der Waals surface area contributed by atoms with Gasteiger partial charge in [0.05, 0.1) is 21.3 Å². The van der Waals surface area contributed by atoms with E-state index in [1.165, 1.54) is 22.3 Å². The van der Waals surface area contributed by atoms with Crippen LogP contribution in [0.5, 0.6) is 17.2 Å². The van der Waals surface area contributed by atoms with Crippen LogP contribution in [0.1, 0.15) is 28.3 Å². The predicted molar refractivity (Wildman–Crippen MR) is 93.1 cm³/mol. The first-order valence-electron chi connectivity index (χ1n) is 8.38. The first kappa shape index (κ1) is 15.3. The van der Waals surface area contributed by atoms with Crippen molar-refractivity contribution in [1.29, 1.82) is 0 Å². The topological polar surface area (TPSA) is 30.9 Å². The van der Waals surface area contributed by atoms with Crippen LogP contribution in [0.3, 0.4) is 0 Å². The second-order valence-electron chi connectivity index (χ2n) is 6.44. The Morgan fingerprint density at radius 1 is 0.958 bits per heavy atom. The molecule has 1 unspecified atom stereocenters. The van der Waals surface area contributed by atoms with Crippen molar-refractivity contribution < 1.29 is 14.2 Å². The third kappa shape index (κ3) is 2.33. The molecule has 0 spiro atoms. The minimum absolute atomic E-state index is 0.412. The molecular weight excluding hydrogens is 302 g/mol. The van der Waals surface area contributed by atoms with E-state index in [4.69, 9.17) is 14.2 Å². The molecule has 2 aliphatic rings. The Bertz CT molecular complexity index is 772. The lowest BCUT2D eigenvalue weighted by Gasteiger charge is -2.42. The second kappa shape index (κ2) is 6.02. The highest BCUT2D eigenvalue weighted by molar-refractivity contribution is 5.53. The molecule has 0 aromatic heterocycles. The maximum absolute atomic E-state index is 5.65. The molecule has 0 saturated carbocycles. The summed E-state index contributed by atoms with van der Waals surface area (Å²) in [6, 6.07) is 11.1. The predicted octanol–water partition coefficient (Wildman–Crippen LogP) is 3.37. The van der Waals surface area contributed by atoms with Crippen molar-refractivity contribution in [1.82, 2.24) is 4.90 Å². The maximum atomic E-state index is 5.65. The largest absolute Gasteiger partial charge is 0.497 e. The smallest absolute Gasteiger partial charge is 0.165 e. The SMILES string of the molecule is COc1ccc2c(c1)C1Cc3ccc(OC)c(OC)c3CN1CC2. The van der Waals surface area contributed by atoms with E-state index in [0.29, 0.717) is 6.04 Å². The zero-order chi connectivity index (χ0) is 16.7. The van der Waals surface area contributed by atoms with Crippen LogP contribution in [0.15, 0.2) is 30.3 Å².